The van der Waals surface area contributed by atoms with E-state index in [1.807, 2.05) is 5.32 Å². The predicted molar refractivity (Wildman–Crippen MR) is 107 cm³/mol. The number of esters is 1. The Morgan fingerprint density at radius 2 is 1.66 bits per heavy atom. The molecule has 1 atom stereocenters. The van der Waals surface area contributed by atoms with E-state index in [2.05, 4.69) is 19.4 Å². The minimum atomic E-state index is -5.29. The number of anilines is 2. The number of ether oxygens (including phenoxy) is 1. The summed E-state index contributed by atoms with van der Waals surface area (Å²) in [5.74, 6) is -3.03. The molecule has 32 heavy (non-hydrogen) atoms. The van der Waals surface area contributed by atoms with E-state index in [4.69, 9.17) is 0 Å². The van der Waals surface area contributed by atoms with E-state index < -0.39 is 33.7 Å². The molecule has 0 unspecified atom stereocenters. The largest absolute Gasteiger partial charge is 0.463 e. The van der Waals surface area contributed by atoms with Gasteiger partial charge in [0.05, 0.1) is 11.5 Å². The van der Waals surface area contributed by atoms with Gasteiger partial charge in [-0.05, 0) is 37.3 Å². The number of carbonyl (C=O) groups excluding carboxylic acids is 2. The fourth-order valence-corrected chi connectivity index (χ4v) is 3.35. The van der Waals surface area contributed by atoms with E-state index in [1.54, 1.807) is 5.32 Å². The SMILES string of the molecule is CCOC(=O)[C@@](NC(=O)CC)(Nc1ccc(S(=O)(=O)Nc2ncccn2)cc1)C(F)(F)F. The second-order valence-corrected chi connectivity index (χ2v) is 7.88. The summed E-state index contributed by atoms with van der Waals surface area (Å²) in [6.45, 7) is 2.25. The van der Waals surface area contributed by atoms with Crippen LogP contribution >= 0.6 is 0 Å². The molecule has 0 radical (unpaired) electrons. The number of benzene rings is 1. The maximum atomic E-state index is 13.9. The fourth-order valence-electron chi connectivity index (χ4n) is 2.39. The number of hydrogen-bond acceptors (Lipinski definition) is 8. The zero-order valence-electron chi connectivity index (χ0n) is 16.9. The molecular weight excluding hydrogens is 455 g/mol. The van der Waals surface area contributed by atoms with Gasteiger partial charge in [0.15, 0.2) is 0 Å². The number of sulfonamides is 1. The number of carbonyl (C=O) groups is 2. The van der Waals surface area contributed by atoms with E-state index in [0.717, 1.165) is 24.3 Å². The smallest absolute Gasteiger partial charge is 0.441 e. The van der Waals surface area contributed by atoms with Crippen molar-refractivity contribution in [2.45, 2.75) is 37.0 Å². The maximum absolute atomic E-state index is 13.9. The molecule has 0 saturated heterocycles. The lowest BCUT2D eigenvalue weighted by Gasteiger charge is -2.35. The van der Waals surface area contributed by atoms with Crippen molar-refractivity contribution < 1.29 is 35.9 Å². The van der Waals surface area contributed by atoms with Crippen LogP contribution in [0.2, 0.25) is 0 Å². The molecule has 1 amide bonds. The van der Waals surface area contributed by atoms with Gasteiger partial charge in [-0.2, -0.15) is 13.2 Å². The highest BCUT2D eigenvalue weighted by atomic mass is 32.2. The van der Waals surface area contributed by atoms with Gasteiger partial charge in [0, 0.05) is 24.5 Å². The van der Waals surface area contributed by atoms with Crippen molar-refractivity contribution in [2.24, 2.45) is 0 Å². The third-order valence-electron chi connectivity index (χ3n) is 3.94. The summed E-state index contributed by atoms with van der Waals surface area (Å²) in [6.07, 6.45) is -2.99. The molecule has 0 aliphatic heterocycles. The van der Waals surface area contributed by atoms with E-state index in [-0.39, 0.29) is 29.6 Å². The molecule has 0 spiro atoms. The van der Waals surface area contributed by atoms with Crippen molar-refractivity contribution in [1.82, 2.24) is 15.3 Å². The quantitative estimate of drug-likeness (QED) is 0.370. The summed E-state index contributed by atoms with van der Waals surface area (Å²) >= 11 is 0. The van der Waals surface area contributed by atoms with Gasteiger partial charge in [0.2, 0.25) is 11.9 Å². The van der Waals surface area contributed by atoms with Crippen LogP contribution < -0.4 is 15.4 Å². The number of alkyl halides is 3. The van der Waals surface area contributed by atoms with E-state index in [9.17, 15) is 31.2 Å². The maximum Gasteiger partial charge on any atom is 0.441 e. The zero-order chi connectivity index (χ0) is 24.0. The average Bonchev–Trinajstić information content (AvgIpc) is 2.73. The summed E-state index contributed by atoms with van der Waals surface area (Å²) in [5.41, 5.74) is -3.88. The molecule has 1 heterocycles. The summed E-state index contributed by atoms with van der Waals surface area (Å²) < 4.78 is 73.3. The molecule has 1 aromatic heterocycles. The van der Waals surface area contributed by atoms with Gasteiger partial charge in [-0.15, -0.1) is 0 Å². The molecule has 2 aromatic rings. The Balaban J connectivity index is 2.37. The highest BCUT2D eigenvalue weighted by Gasteiger charge is 2.63. The lowest BCUT2D eigenvalue weighted by molar-refractivity contribution is -0.207. The molecule has 0 bridgehead atoms. The number of nitrogens with zero attached hydrogens (tertiary/aromatic N) is 2. The molecule has 0 aliphatic rings. The number of nitrogens with one attached hydrogen (secondary N) is 3. The average molecular weight is 475 g/mol. The standard InChI is InChI=1S/C18H20F3N5O5S/c1-3-14(27)25-17(18(19,20)21,15(28)31-4-2)24-12-6-8-13(9-7-12)32(29,30)26-16-22-10-5-11-23-16/h5-11,24H,3-4H2,1-2H3,(H,25,27)(H,22,23,26)/t17-/m0/s1. The Morgan fingerprint density at radius 1 is 1.06 bits per heavy atom. The fraction of sp³-hybridized carbons (Fsp3) is 0.333. The van der Waals surface area contributed by atoms with E-state index in [0.29, 0.717) is 0 Å². The van der Waals surface area contributed by atoms with Gasteiger partial charge >= 0.3 is 17.8 Å². The number of hydrogen-bond donors (Lipinski definition) is 3. The second kappa shape index (κ2) is 9.80. The van der Waals surface area contributed by atoms with Crippen LogP contribution in [0, 0.1) is 0 Å². The molecule has 0 fully saturated rings. The van der Waals surface area contributed by atoms with Crippen molar-refractivity contribution in [3.63, 3.8) is 0 Å². The molecule has 3 N–H and O–H groups in total. The Hall–Kier alpha value is -3.42. The van der Waals surface area contributed by atoms with Crippen molar-refractivity contribution in [3.8, 4) is 0 Å². The van der Waals surface area contributed by atoms with Crippen LogP contribution in [0.15, 0.2) is 47.6 Å². The van der Waals surface area contributed by atoms with Crippen LogP contribution in [0.3, 0.4) is 0 Å². The zero-order valence-corrected chi connectivity index (χ0v) is 17.7. The number of amides is 1. The van der Waals surface area contributed by atoms with Crippen molar-refractivity contribution in [2.75, 3.05) is 16.6 Å². The van der Waals surface area contributed by atoms with Crippen LogP contribution in [-0.4, -0.2) is 48.7 Å². The van der Waals surface area contributed by atoms with Crippen LogP contribution in [0.1, 0.15) is 20.3 Å². The Labute approximate surface area is 181 Å². The highest BCUT2D eigenvalue weighted by molar-refractivity contribution is 7.92. The van der Waals surface area contributed by atoms with Crippen LogP contribution in [0.4, 0.5) is 24.8 Å². The van der Waals surface area contributed by atoms with Crippen LogP contribution in [0.5, 0.6) is 0 Å². The topological polar surface area (TPSA) is 139 Å². The summed E-state index contributed by atoms with van der Waals surface area (Å²) in [7, 11) is -4.14. The van der Waals surface area contributed by atoms with Crippen LogP contribution in [0.25, 0.3) is 0 Å². The van der Waals surface area contributed by atoms with Gasteiger partial charge in [0.25, 0.3) is 10.0 Å². The van der Waals surface area contributed by atoms with Gasteiger partial charge < -0.3 is 15.4 Å². The lowest BCUT2D eigenvalue weighted by atomic mass is 10.1. The molecule has 0 saturated carbocycles. The normalized spacial score (nSPS) is 13.5. The number of aromatic nitrogens is 2. The second-order valence-electron chi connectivity index (χ2n) is 6.20. The molecule has 10 nitrogen and oxygen atoms in total. The van der Waals surface area contributed by atoms with Gasteiger partial charge in [0.1, 0.15) is 0 Å². The first kappa shape index (κ1) is 24.8. The van der Waals surface area contributed by atoms with E-state index in [1.165, 1.54) is 32.3 Å². The van der Waals surface area contributed by atoms with Gasteiger partial charge in [-0.1, -0.05) is 6.92 Å². The Bertz CT molecular complexity index is 1050. The van der Waals surface area contributed by atoms with Crippen LogP contribution in [-0.2, 0) is 24.3 Å². The third kappa shape index (κ3) is 5.63. The lowest BCUT2D eigenvalue weighted by Crippen LogP contribution is -2.69. The minimum Gasteiger partial charge on any atom is -0.463 e. The minimum absolute atomic E-state index is 0.199. The summed E-state index contributed by atoms with van der Waals surface area (Å²) in [4.78, 5) is 31.2. The highest BCUT2D eigenvalue weighted by Crippen LogP contribution is 2.33. The van der Waals surface area contributed by atoms with E-state index >= 15 is 0 Å². The van der Waals surface area contributed by atoms with Gasteiger partial charge in [-0.3, -0.25) is 4.79 Å². The first-order valence-electron chi connectivity index (χ1n) is 9.18. The molecule has 174 valence electrons. The van der Waals surface area contributed by atoms with Crippen molar-refractivity contribution in [3.05, 3.63) is 42.7 Å². The predicted octanol–water partition coefficient (Wildman–Crippen LogP) is 2.04. The molecule has 1 aromatic carbocycles. The molecule has 0 aliphatic carbocycles. The molecular formula is C18H20F3N5O5S. The Kier molecular flexibility index (Phi) is 7.61. The molecule has 2 rings (SSSR count). The third-order valence-corrected chi connectivity index (χ3v) is 5.29. The molecule has 14 heteroatoms. The number of halogens is 3. The first-order chi connectivity index (χ1) is 14.9. The van der Waals surface area contributed by atoms with Gasteiger partial charge in [-0.25, -0.2) is 27.9 Å². The van der Waals surface area contributed by atoms with Crippen molar-refractivity contribution >= 4 is 33.5 Å². The Morgan fingerprint density at radius 3 is 2.16 bits per heavy atom. The monoisotopic (exact) mass is 475 g/mol. The summed E-state index contributed by atoms with van der Waals surface area (Å²) in [6, 6.07) is 5.48. The number of rotatable bonds is 9. The summed E-state index contributed by atoms with van der Waals surface area (Å²) in [5, 5.41) is 3.57. The first-order valence-corrected chi connectivity index (χ1v) is 10.7. The van der Waals surface area contributed by atoms with Crippen molar-refractivity contribution in [1.29, 1.82) is 0 Å².